The van der Waals surface area contributed by atoms with Crippen molar-refractivity contribution in [1.29, 1.82) is 0 Å². The van der Waals surface area contributed by atoms with Gasteiger partial charge in [0.25, 0.3) is 0 Å². The van der Waals surface area contributed by atoms with E-state index in [0.29, 0.717) is 5.91 Å². The molecule has 0 aromatic heterocycles. The molecule has 1 amide bonds. The highest BCUT2D eigenvalue weighted by atomic mass is 28.3. The first kappa shape index (κ1) is 17.0. The van der Waals surface area contributed by atoms with Crippen LogP contribution in [0.15, 0.2) is 41.6 Å². The Morgan fingerprint density at radius 1 is 1.18 bits per heavy atom. The average molecular weight is 316 g/mol. The van der Waals surface area contributed by atoms with Gasteiger partial charge in [-0.15, -0.1) is 0 Å². The normalized spacial score (nSPS) is 16.1. The molecule has 0 bridgehead atoms. The summed E-state index contributed by atoms with van der Waals surface area (Å²) in [7, 11) is -1.72. The summed E-state index contributed by atoms with van der Waals surface area (Å²) in [4.78, 5) is 14.9. The molecule has 0 atom stereocenters. The lowest BCUT2D eigenvalue weighted by Gasteiger charge is -2.23. The Morgan fingerprint density at radius 3 is 2.41 bits per heavy atom. The molecular formula is C19H29NOSi. The van der Waals surface area contributed by atoms with Gasteiger partial charge in [-0.1, -0.05) is 67.7 Å². The molecule has 0 unspecified atom stereocenters. The number of carbonyl (C=O) groups excluding carboxylic acids is 1. The molecule has 2 rings (SSSR count). The van der Waals surface area contributed by atoms with Crippen molar-refractivity contribution in [2.24, 2.45) is 0 Å². The molecule has 0 radical (unpaired) electrons. The second-order valence-corrected chi connectivity index (χ2v) is 11.2. The van der Waals surface area contributed by atoms with Gasteiger partial charge in [0.15, 0.2) is 0 Å². The van der Waals surface area contributed by atoms with Gasteiger partial charge in [-0.3, -0.25) is 4.79 Å². The summed E-state index contributed by atoms with van der Waals surface area (Å²) < 4.78 is 0. The number of unbranched alkanes of at least 4 members (excludes halogenated alkanes) is 1. The van der Waals surface area contributed by atoms with Crippen LogP contribution in [-0.2, 0) is 4.79 Å². The zero-order valence-corrected chi connectivity index (χ0v) is 15.3. The van der Waals surface area contributed by atoms with Gasteiger partial charge in [0.1, 0.15) is 8.07 Å². The molecule has 2 nitrogen and oxygen atoms in total. The highest BCUT2D eigenvalue weighted by molar-refractivity contribution is 6.94. The number of nitrogens with zero attached hydrogens (tertiary/aromatic N) is 1. The summed E-state index contributed by atoms with van der Waals surface area (Å²) in [6.07, 6.45) is 5.48. The zero-order valence-electron chi connectivity index (χ0n) is 14.3. The van der Waals surface area contributed by atoms with Crippen LogP contribution in [0.2, 0.25) is 13.1 Å². The van der Waals surface area contributed by atoms with E-state index in [9.17, 15) is 4.79 Å². The summed E-state index contributed by atoms with van der Waals surface area (Å²) in [5.41, 5.74) is 3.41. The molecule has 1 aromatic rings. The van der Waals surface area contributed by atoms with Gasteiger partial charge in [0, 0.05) is 18.7 Å². The molecule has 1 aliphatic rings. The van der Waals surface area contributed by atoms with Crippen LogP contribution in [0, 0.1) is 0 Å². The Hall–Kier alpha value is -1.35. The summed E-state index contributed by atoms with van der Waals surface area (Å²) in [5.74, 6) is 0.294. The van der Waals surface area contributed by atoms with Crippen molar-refractivity contribution in [2.45, 2.75) is 52.1 Å². The molecule has 0 N–H and O–H groups in total. The lowest BCUT2D eigenvalue weighted by Crippen LogP contribution is -2.41. The Bertz CT molecular complexity index is 515. The van der Waals surface area contributed by atoms with Crippen LogP contribution in [0.25, 0.3) is 0 Å². The Kier molecular flexibility index (Phi) is 6.01. The molecule has 3 heteroatoms. The molecule has 22 heavy (non-hydrogen) atoms. The summed E-state index contributed by atoms with van der Waals surface area (Å²) >= 11 is 0. The van der Waals surface area contributed by atoms with E-state index >= 15 is 0 Å². The zero-order chi connectivity index (χ0) is 16.0. The maximum Gasteiger partial charge on any atom is 0.249 e. The Balaban J connectivity index is 2.24. The van der Waals surface area contributed by atoms with Crippen molar-refractivity contribution in [3.05, 3.63) is 41.6 Å². The number of amides is 1. The molecule has 120 valence electrons. The van der Waals surface area contributed by atoms with E-state index in [1.807, 2.05) is 0 Å². The summed E-state index contributed by atoms with van der Waals surface area (Å²) in [6.45, 7) is 8.75. The monoisotopic (exact) mass is 315 g/mol. The second-order valence-electron chi connectivity index (χ2n) is 6.86. The molecule has 1 saturated heterocycles. The molecule has 0 spiro atoms. The van der Waals surface area contributed by atoms with Crippen molar-refractivity contribution in [2.75, 3.05) is 13.1 Å². The first-order valence-electron chi connectivity index (χ1n) is 8.61. The third-order valence-corrected chi connectivity index (χ3v) is 7.41. The fourth-order valence-electron chi connectivity index (χ4n) is 3.12. The van der Waals surface area contributed by atoms with Crippen molar-refractivity contribution < 1.29 is 4.79 Å². The van der Waals surface area contributed by atoms with Crippen LogP contribution in [0.3, 0.4) is 0 Å². The predicted octanol–water partition coefficient (Wildman–Crippen LogP) is 3.88. The maximum absolute atomic E-state index is 12.8. The maximum atomic E-state index is 12.8. The van der Waals surface area contributed by atoms with Gasteiger partial charge in [-0.2, -0.15) is 0 Å². The Labute approximate surface area is 136 Å². The van der Waals surface area contributed by atoms with Gasteiger partial charge in [-0.25, -0.2) is 0 Å². The third kappa shape index (κ3) is 4.32. The van der Waals surface area contributed by atoms with E-state index in [-0.39, 0.29) is 0 Å². The molecule has 1 heterocycles. The highest BCUT2D eigenvalue weighted by Gasteiger charge is 2.26. The van der Waals surface area contributed by atoms with Crippen LogP contribution in [0.5, 0.6) is 0 Å². The van der Waals surface area contributed by atoms with E-state index in [0.717, 1.165) is 50.8 Å². The molecule has 1 aliphatic heterocycles. The van der Waals surface area contributed by atoms with Crippen LogP contribution in [0.1, 0.15) is 39.0 Å². The Morgan fingerprint density at radius 2 is 1.82 bits per heavy atom. The minimum Gasteiger partial charge on any atom is -0.339 e. The number of benzene rings is 1. The van der Waals surface area contributed by atoms with E-state index in [2.05, 4.69) is 60.9 Å². The van der Waals surface area contributed by atoms with Crippen LogP contribution in [-0.4, -0.2) is 32.0 Å². The standard InChI is InChI=1S/C19H29NOSi/c1-4-5-11-17(19(21)20-14-9-10-15-20)16-22(2,3)18-12-7-6-8-13-18/h6-8,12-13,16H,4-5,9-11,14-15H2,1-3H3/b17-16-. The van der Waals surface area contributed by atoms with Crippen molar-refractivity contribution in [3.8, 4) is 0 Å². The number of likely N-dealkylation sites (tertiary alicyclic amines) is 1. The molecule has 1 fully saturated rings. The fraction of sp³-hybridized carbons (Fsp3) is 0.526. The molecular weight excluding hydrogens is 286 g/mol. The minimum atomic E-state index is -1.72. The van der Waals surface area contributed by atoms with E-state index in [4.69, 9.17) is 0 Å². The number of rotatable bonds is 6. The van der Waals surface area contributed by atoms with Crippen LogP contribution >= 0.6 is 0 Å². The fourth-order valence-corrected chi connectivity index (χ4v) is 5.48. The first-order valence-corrected chi connectivity index (χ1v) is 11.7. The third-order valence-electron chi connectivity index (χ3n) is 4.52. The topological polar surface area (TPSA) is 20.3 Å². The van der Waals surface area contributed by atoms with Crippen molar-refractivity contribution >= 4 is 19.2 Å². The quantitative estimate of drug-likeness (QED) is 0.576. The van der Waals surface area contributed by atoms with Crippen LogP contribution < -0.4 is 5.19 Å². The van der Waals surface area contributed by atoms with Gasteiger partial charge in [-0.05, 0) is 25.7 Å². The second kappa shape index (κ2) is 7.77. The number of carbonyl (C=O) groups is 1. The molecule has 0 saturated carbocycles. The van der Waals surface area contributed by atoms with E-state index < -0.39 is 8.07 Å². The van der Waals surface area contributed by atoms with Crippen molar-refractivity contribution in [3.63, 3.8) is 0 Å². The molecule has 1 aromatic carbocycles. The highest BCUT2D eigenvalue weighted by Crippen LogP contribution is 2.19. The number of hydrogen-bond acceptors (Lipinski definition) is 1. The summed E-state index contributed by atoms with van der Waals surface area (Å²) in [5, 5.41) is 1.40. The molecule has 0 aliphatic carbocycles. The largest absolute Gasteiger partial charge is 0.339 e. The smallest absolute Gasteiger partial charge is 0.249 e. The van der Waals surface area contributed by atoms with Gasteiger partial charge >= 0.3 is 0 Å². The van der Waals surface area contributed by atoms with Crippen molar-refractivity contribution in [1.82, 2.24) is 4.90 Å². The lowest BCUT2D eigenvalue weighted by atomic mass is 10.1. The van der Waals surface area contributed by atoms with Crippen LogP contribution in [0.4, 0.5) is 0 Å². The van der Waals surface area contributed by atoms with Gasteiger partial charge in [0.2, 0.25) is 5.91 Å². The summed E-state index contributed by atoms with van der Waals surface area (Å²) in [6, 6.07) is 10.7. The number of hydrogen-bond donors (Lipinski definition) is 0. The van der Waals surface area contributed by atoms with E-state index in [1.54, 1.807) is 0 Å². The minimum absolute atomic E-state index is 0.294. The van der Waals surface area contributed by atoms with Gasteiger partial charge < -0.3 is 4.90 Å². The SMILES string of the molecule is CCCC/C(=C/[Si](C)(C)c1ccccc1)C(=O)N1CCCC1. The average Bonchev–Trinajstić information content (AvgIpc) is 3.06. The van der Waals surface area contributed by atoms with E-state index in [1.165, 1.54) is 5.19 Å². The lowest BCUT2D eigenvalue weighted by molar-refractivity contribution is -0.126. The van der Waals surface area contributed by atoms with Gasteiger partial charge in [0.05, 0.1) is 0 Å². The first-order chi connectivity index (χ1) is 10.5. The predicted molar refractivity (Wildman–Crippen MR) is 97.0 cm³/mol.